The fourth-order valence-electron chi connectivity index (χ4n) is 5.92. The molecule has 0 spiro atoms. The molecule has 2 saturated heterocycles. The Kier molecular flexibility index (Phi) is 4.35. The van der Waals surface area contributed by atoms with Gasteiger partial charge in [-0.3, -0.25) is 4.79 Å². The number of aromatic nitrogens is 4. The van der Waals surface area contributed by atoms with Gasteiger partial charge in [-0.05, 0) is 61.1 Å². The molecule has 2 bridgehead atoms. The highest BCUT2D eigenvalue weighted by atomic mass is 16.1. The number of hydrogen-bond acceptors (Lipinski definition) is 5. The second-order valence-electron chi connectivity index (χ2n) is 9.42. The molecule has 7 nitrogen and oxygen atoms in total. The summed E-state index contributed by atoms with van der Waals surface area (Å²) in [6.07, 6.45) is 9.29. The van der Waals surface area contributed by atoms with E-state index in [0.717, 1.165) is 41.7 Å². The minimum absolute atomic E-state index is 0.0192. The average Bonchev–Trinajstić information content (AvgIpc) is 3.44. The molecule has 6 rings (SSSR count). The van der Waals surface area contributed by atoms with Crippen LogP contribution in [0.1, 0.15) is 77.0 Å². The Morgan fingerprint density at radius 2 is 1.87 bits per heavy atom. The third-order valence-corrected chi connectivity index (χ3v) is 7.52. The molecule has 3 aromatic rings. The summed E-state index contributed by atoms with van der Waals surface area (Å²) in [5.41, 5.74) is 6.18. The first-order chi connectivity index (χ1) is 15.1. The van der Waals surface area contributed by atoms with Gasteiger partial charge in [-0.25, -0.2) is 14.6 Å². The van der Waals surface area contributed by atoms with Gasteiger partial charge < -0.3 is 10.6 Å². The third-order valence-electron chi connectivity index (χ3n) is 7.52. The molecule has 3 aliphatic rings. The van der Waals surface area contributed by atoms with Crippen molar-refractivity contribution >= 4 is 17.1 Å². The molecule has 2 aromatic heterocycles. The van der Waals surface area contributed by atoms with Gasteiger partial charge in [-0.1, -0.05) is 12.1 Å². The fourth-order valence-corrected chi connectivity index (χ4v) is 5.92. The number of aryl methyl sites for hydroxylation is 1. The van der Waals surface area contributed by atoms with Crippen molar-refractivity contribution in [2.45, 2.75) is 61.9 Å². The van der Waals surface area contributed by atoms with Gasteiger partial charge >= 0.3 is 0 Å². The number of piperidine rings is 1. The molecule has 31 heavy (non-hydrogen) atoms. The number of rotatable bonds is 4. The van der Waals surface area contributed by atoms with Crippen LogP contribution in [0.3, 0.4) is 0 Å². The van der Waals surface area contributed by atoms with E-state index < -0.39 is 0 Å². The van der Waals surface area contributed by atoms with Crippen LogP contribution in [0.4, 0.5) is 0 Å². The topological polar surface area (TPSA) is 84.7 Å². The molecule has 1 aromatic carbocycles. The highest BCUT2D eigenvalue weighted by molar-refractivity contribution is 5.95. The molecule has 3 unspecified atom stereocenters. The largest absolute Gasteiger partial charge is 0.355 e. The van der Waals surface area contributed by atoms with Crippen molar-refractivity contribution in [2.24, 2.45) is 7.05 Å². The van der Waals surface area contributed by atoms with Crippen molar-refractivity contribution in [3.05, 3.63) is 53.0 Å². The van der Waals surface area contributed by atoms with Crippen LogP contribution in [-0.4, -0.2) is 44.8 Å². The third kappa shape index (κ3) is 3.14. The first-order valence-corrected chi connectivity index (χ1v) is 11.4. The zero-order chi connectivity index (χ0) is 21.1. The number of carbonyl (C=O) groups is 1. The van der Waals surface area contributed by atoms with E-state index in [0.29, 0.717) is 29.8 Å². The second-order valence-corrected chi connectivity index (χ2v) is 9.42. The number of amides is 1. The number of benzene rings is 1. The smallest absolute Gasteiger partial charge is 0.251 e. The number of fused-ring (bicyclic) bond motifs is 3. The van der Waals surface area contributed by atoms with Gasteiger partial charge in [0.25, 0.3) is 5.91 Å². The van der Waals surface area contributed by atoms with Crippen LogP contribution in [0.15, 0.2) is 30.6 Å². The molecule has 2 aliphatic heterocycles. The Labute approximate surface area is 181 Å². The van der Waals surface area contributed by atoms with Gasteiger partial charge in [0.2, 0.25) is 0 Å². The molecule has 0 radical (unpaired) electrons. The quantitative estimate of drug-likeness (QED) is 0.683. The van der Waals surface area contributed by atoms with Crippen LogP contribution in [0.25, 0.3) is 11.2 Å². The van der Waals surface area contributed by atoms with Gasteiger partial charge in [0.1, 0.15) is 5.52 Å². The first-order valence-electron chi connectivity index (χ1n) is 11.4. The maximum absolute atomic E-state index is 12.6. The molecular formula is C24H28N6O. The summed E-state index contributed by atoms with van der Waals surface area (Å²) < 4.78 is 1.83. The Hall–Kier alpha value is -2.80. The number of carbonyl (C=O) groups excluding carboxylic acids is 1. The lowest BCUT2D eigenvalue weighted by atomic mass is 9.82. The van der Waals surface area contributed by atoms with E-state index in [1.54, 1.807) is 19.4 Å². The zero-order valence-electron chi connectivity index (χ0n) is 18.0. The summed E-state index contributed by atoms with van der Waals surface area (Å²) in [4.78, 5) is 21.6. The average molecular weight is 417 g/mol. The summed E-state index contributed by atoms with van der Waals surface area (Å²) >= 11 is 0. The summed E-state index contributed by atoms with van der Waals surface area (Å²) in [5, 5.41) is 11.3. The SMILES string of the molecule is CNC(=O)c1ccc(C2CC2c2nn(C)c3nccnc23)cc1C1C[C@H]2CC[C@@H](C1)N2. The molecule has 4 heterocycles. The lowest BCUT2D eigenvalue weighted by Gasteiger charge is -2.30. The van der Waals surface area contributed by atoms with E-state index in [9.17, 15) is 4.79 Å². The lowest BCUT2D eigenvalue weighted by Crippen LogP contribution is -2.37. The Morgan fingerprint density at radius 1 is 1.10 bits per heavy atom. The van der Waals surface area contributed by atoms with Crippen LogP contribution >= 0.6 is 0 Å². The summed E-state index contributed by atoms with van der Waals surface area (Å²) in [7, 11) is 3.65. The number of nitrogens with zero attached hydrogens (tertiary/aromatic N) is 4. The van der Waals surface area contributed by atoms with E-state index in [-0.39, 0.29) is 5.91 Å². The van der Waals surface area contributed by atoms with Gasteiger partial charge in [-0.15, -0.1) is 0 Å². The van der Waals surface area contributed by atoms with E-state index >= 15 is 0 Å². The molecule has 7 heteroatoms. The molecule has 1 amide bonds. The van der Waals surface area contributed by atoms with Crippen LogP contribution < -0.4 is 10.6 Å². The fraction of sp³-hybridized carbons (Fsp3) is 0.500. The first kappa shape index (κ1) is 18.9. The van der Waals surface area contributed by atoms with Crippen molar-refractivity contribution in [3.8, 4) is 0 Å². The van der Waals surface area contributed by atoms with Crippen LogP contribution in [0.5, 0.6) is 0 Å². The Morgan fingerprint density at radius 3 is 2.65 bits per heavy atom. The van der Waals surface area contributed by atoms with Gasteiger partial charge in [0, 0.05) is 50.1 Å². The summed E-state index contributed by atoms with van der Waals surface area (Å²) in [6.45, 7) is 0. The number of nitrogens with one attached hydrogen (secondary N) is 2. The Bertz CT molecular complexity index is 1160. The van der Waals surface area contributed by atoms with Crippen molar-refractivity contribution < 1.29 is 4.79 Å². The van der Waals surface area contributed by atoms with E-state index in [4.69, 9.17) is 5.10 Å². The van der Waals surface area contributed by atoms with Crippen LogP contribution in [-0.2, 0) is 7.05 Å². The van der Waals surface area contributed by atoms with Gasteiger partial charge in [-0.2, -0.15) is 5.10 Å². The molecular weight excluding hydrogens is 388 g/mol. The van der Waals surface area contributed by atoms with Gasteiger partial charge in [0.05, 0.1) is 5.69 Å². The molecule has 1 aliphatic carbocycles. The molecule has 1 saturated carbocycles. The number of hydrogen-bond donors (Lipinski definition) is 2. The molecule has 3 fully saturated rings. The van der Waals surface area contributed by atoms with Crippen LogP contribution in [0.2, 0.25) is 0 Å². The predicted molar refractivity (Wildman–Crippen MR) is 118 cm³/mol. The minimum atomic E-state index is 0.0192. The summed E-state index contributed by atoms with van der Waals surface area (Å²) in [5.74, 6) is 1.26. The minimum Gasteiger partial charge on any atom is -0.355 e. The van der Waals surface area contributed by atoms with E-state index in [1.807, 2.05) is 17.8 Å². The van der Waals surface area contributed by atoms with Crippen molar-refractivity contribution in [3.63, 3.8) is 0 Å². The van der Waals surface area contributed by atoms with E-state index in [2.05, 4.69) is 32.7 Å². The normalized spacial score (nSPS) is 29.3. The Balaban J connectivity index is 1.34. The highest BCUT2D eigenvalue weighted by Crippen LogP contribution is 2.55. The summed E-state index contributed by atoms with van der Waals surface area (Å²) in [6, 6.07) is 7.69. The monoisotopic (exact) mass is 416 g/mol. The predicted octanol–water partition coefficient (Wildman–Crippen LogP) is 2.99. The lowest BCUT2D eigenvalue weighted by molar-refractivity contribution is 0.0961. The van der Waals surface area contributed by atoms with Crippen molar-refractivity contribution in [2.75, 3.05) is 7.05 Å². The highest BCUT2D eigenvalue weighted by Gasteiger charge is 2.44. The molecule has 2 N–H and O–H groups in total. The maximum atomic E-state index is 12.6. The van der Waals surface area contributed by atoms with Crippen LogP contribution in [0, 0.1) is 0 Å². The maximum Gasteiger partial charge on any atom is 0.251 e. The zero-order valence-corrected chi connectivity index (χ0v) is 18.0. The van der Waals surface area contributed by atoms with Crippen molar-refractivity contribution in [1.29, 1.82) is 0 Å². The van der Waals surface area contributed by atoms with Crippen molar-refractivity contribution in [1.82, 2.24) is 30.4 Å². The molecule has 160 valence electrons. The van der Waals surface area contributed by atoms with E-state index in [1.165, 1.54) is 24.0 Å². The molecule has 5 atom stereocenters. The second kappa shape index (κ2) is 7.12. The standard InChI is InChI=1S/C24H28N6O/c1-25-24(31)17-6-3-13(11-18(17)14-9-15-4-5-16(10-14)28-15)19-12-20(19)21-22-23(30(2)29-21)27-8-7-26-22/h3,6-8,11,14-16,19-20,28H,4-5,9-10,12H2,1-2H3,(H,25,31)/t14?,15-,16+,19?,20?. The van der Waals surface area contributed by atoms with Gasteiger partial charge in [0.15, 0.2) is 5.65 Å².